The fourth-order valence-electron chi connectivity index (χ4n) is 7.05. The van der Waals surface area contributed by atoms with Gasteiger partial charge in [-0.2, -0.15) is 0 Å². The Balaban J connectivity index is 1.18. The molecular weight excluding hydrogens is 719 g/mol. The van der Waals surface area contributed by atoms with E-state index < -0.39 is 23.5 Å². The maximum absolute atomic E-state index is 13.9. The highest BCUT2D eigenvalue weighted by atomic mass is 35.5. The third-order valence-electron chi connectivity index (χ3n) is 9.68. The maximum Gasteiger partial charge on any atom is 0.332 e. The van der Waals surface area contributed by atoms with E-state index in [4.69, 9.17) is 37.7 Å². The van der Waals surface area contributed by atoms with E-state index in [9.17, 15) is 23.2 Å². The molecule has 4 heterocycles. The van der Waals surface area contributed by atoms with Crippen molar-refractivity contribution in [2.75, 3.05) is 32.1 Å². The van der Waals surface area contributed by atoms with Gasteiger partial charge in [0.25, 0.3) is 12.0 Å². The zero-order valence-electron chi connectivity index (χ0n) is 28.5. The Morgan fingerprint density at radius 1 is 0.942 bits per heavy atom. The Morgan fingerprint density at radius 3 is 2.29 bits per heavy atom. The molecule has 5 aromatic rings. The van der Waals surface area contributed by atoms with Gasteiger partial charge in [0.05, 0.1) is 41.1 Å². The van der Waals surface area contributed by atoms with E-state index in [1.807, 2.05) is 31.2 Å². The number of aromatic nitrogens is 5. The Morgan fingerprint density at radius 2 is 1.62 bits per heavy atom. The van der Waals surface area contributed by atoms with Crippen LogP contribution in [0.2, 0.25) is 10.0 Å². The molecule has 0 amide bonds. The summed E-state index contributed by atoms with van der Waals surface area (Å²) in [5.41, 5.74) is 1.64. The SMILES string of the molecule is CCOC(=O)C1C2CN(Cc3ccc(-c4cccc(-c5cccc(Nc6nc(C(F)F)nc7c6c(=O)n(C)c(=O)n7C)c5Cl)c4Cl)nc3OC)CC21. The smallest absolute Gasteiger partial charge is 0.332 e. The number of esters is 1. The molecule has 2 aliphatic rings. The third-order valence-corrected chi connectivity index (χ3v) is 10.5. The normalized spacial score (nSPS) is 18.1. The average molecular weight is 753 g/mol. The highest BCUT2D eigenvalue weighted by Crippen LogP contribution is 2.52. The number of nitrogens with zero attached hydrogens (tertiary/aromatic N) is 6. The number of aryl methyl sites for hydroxylation is 1. The van der Waals surface area contributed by atoms with Crippen LogP contribution in [0.4, 0.5) is 20.3 Å². The summed E-state index contributed by atoms with van der Waals surface area (Å²) in [6.07, 6.45) is -3.08. The molecule has 1 aliphatic carbocycles. The van der Waals surface area contributed by atoms with E-state index in [1.165, 1.54) is 14.1 Å². The van der Waals surface area contributed by atoms with E-state index in [-0.39, 0.29) is 39.4 Å². The van der Waals surface area contributed by atoms with Crippen molar-refractivity contribution < 1.29 is 23.0 Å². The number of hydrogen-bond acceptors (Lipinski definition) is 10. The van der Waals surface area contributed by atoms with Gasteiger partial charge in [-0.15, -0.1) is 0 Å². The van der Waals surface area contributed by atoms with Gasteiger partial charge in [-0.05, 0) is 30.9 Å². The fourth-order valence-corrected chi connectivity index (χ4v) is 7.65. The summed E-state index contributed by atoms with van der Waals surface area (Å²) in [5.74, 6) is -0.127. The number of fused-ring (bicyclic) bond motifs is 2. The predicted octanol–water partition coefficient (Wildman–Crippen LogP) is 5.99. The molecule has 1 saturated heterocycles. The van der Waals surface area contributed by atoms with Crippen LogP contribution in [0.3, 0.4) is 0 Å². The number of halogens is 4. The maximum atomic E-state index is 13.9. The summed E-state index contributed by atoms with van der Waals surface area (Å²) in [4.78, 5) is 52.7. The van der Waals surface area contributed by atoms with Gasteiger partial charge < -0.3 is 14.8 Å². The number of benzene rings is 2. The molecule has 1 N–H and O–H groups in total. The monoisotopic (exact) mass is 751 g/mol. The highest BCUT2D eigenvalue weighted by molar-refractivity contribution is 6.39. The van der Waals surface area contributed by atoms with Gasteiger partial charge in [-0.1, -0.05) is 59.6 Å². The minimum Gasteiger partial charge on any atom is -0.481 e. The molecule has 1 saturated carbocycles. The van der Waals surface area contributed by atoms with Gasteiger partial charge in [0, 0.05) is 56.0 Å². The molecule has 2 aromatic carbocycles. The Bertz CT molecular complexity index is 2360. The van der Waals surface area contributed by atoms with E-state index in [0.29, 0.717) is 58.3 Å². The van der Waals surface area contributed by atoms with Crippen molar-refractivity contribution in [2.24, 2.45) is 31.8 Å². The fraction of sp³-hybridized carbons (Fsp3) is 0.333. The quantitative estimate of drug-likeness (QED) is 0.170. The molecule has 2 fully saturated rings. The van der Waals surface area contributed by atoms with Crippen LogP contribution in [0.5, 0.6) is 5.88 Å². The molecule has 12 nitrogen and oxygen atoms in total. The lowest BCUT2D eigenvalue weighted by Gasteiger charge is -2.20. The lowest BCUT2D eigenvalue weighted by Crippen LogP contribution is -2.38. The standard InChI is InChI=1S/C36H33Cl2F2N7O5/c1-5-52-35(49)25-21-15-47(16-22(21)25)14-17-12-13-23(42-33(17)51-4)20-10-6-8-18(27(20)37)19-9-7-11-24(28(19)38)41-30-26-32(44-31(43-30)29(39)40)45(2)36(50)46(3)34(26)48/h6-13,21-22,25,29H,5,14-16H2,1-4H3,(H,41,43,44). The molecule has 0 bridgehead atoms. The lowest BCUT2D eigenvalue weighted by atomic mass is 10.00. The molecule has 3 aromatic heterocycles. The van der Waals surface area contributed by atoms with Crippen LogP contribution >= 0.6 is 23.2 Å². The molecule has 16 heteroatoms. The largest absolute Gasteiger partial charge is 0.481 e. The number of rotatable bonds is 10. The van der Waals surface area contributed by atoms with Crippen LogP contribution in [-0.2, 0) is 30.2 Å². The van der Waals surface area contributed by atoms with Crippen molar-refractivity contribution in [1.82, 2.24) is 29.0 Å². The summed E-state index contributed by atoms with van der Waals surface area (Å²) in [7, 11) is 4.16. The number of hydrogen-bond donors (Lipinski definition) is 1. The number of alkyl halides is 2. The minimum absolute atomic E-state index is 0.00544. The molecule has 270 valence electrons. The van der Waals surface area contributed by atoms with Crippen LogP contribution in [0, 0.1) is 17.8 Å². The van der Waals surface area contributed by atoms with Gasteiger partial charge in [0.2, 0.25) is 5.88 Å². The zero-order chi connectivity index (χ0) is 37.0. The van der Waals surface area contributed by atoms with Crippen molar-refractivity contribution in [3.63, 3.8) is 0 Å². The highest BCUT2D eigenvalue weighted by Gasteiger charge is 2.60. The van der Waals surface area contributed by atoms with Crippen molar-refractivity contribution >= 4 is 51.7 Å². The molecule has 7 rings (SSSR count). The molecule has 0 spiro atoms. The number of anilines is 2. The van der Waals surface area contributed by atoms with Gasteiger partial charge in [-0.25, -0.2) is 28.5 Å². The van der Waals surface area contributed by atoms with Crippen molar-refractivity contribution in [3.05, 3.63) is 90.8 Å². The third kappa shape index (κ3) is 6.18. The first-order chi connectivity index (χ1) is 24.9. The van der Waals surface area contributed by atoms with Crippen LogP contribution < -0.4 is 21.3 Å². The summed E-state index contributed by atoms with van der Waals surface area (Å²) in [5, 5.41) is 3.28. The lowest BCUT2D eigenvalue weighted by molar-refractivity contribution is -0.145. The number of ether oxygens (including phenoxy) is 2. The van der Waals surface area contributed by atoms with Crippen molar-refractivity contribution in [1.29, 1.82) is 0 Å². The molecule has 52 heavy (non-hydrogen) atoms. The van der Waals surface area contributed by atoms with Crippen LogP contribution in [0.25, 0.3) is 33.4 Å². The van der Waals surface area contributed by atoms with Crippen molar-refractivity contribution in [2.45, 2.75) is 19.9 Å². The summed E-state index contributed by atoms with van der Waals surface area (Å²) < 4.78 is 40.5. The van der Waals surface area contributed by atoms with Gasteiger partial charge >= 0.3 is 11.7 Å². The summed E-state index contributed by atoms with van der Waals surface area (Å²) in [6, 6.07) is 14.3. The number of nitrogens with one attached hydrogen (secondary N) is 1. The van der Waals surface area contributed by atoms with Gasteiger partial charge in [0.1, 0.15) is 11.2 Å². The Kier molecular flexibility index (Phi) is 9.48. The van der Waals surface area contributed by atoms with E-state index >= 15 is 0 Å². The molecule has 0 radical (unpaired) electrons. The Labute approximate surface area is 305 Å². The van der Waals surface area contributed by atoms with Gasteiger partial charge in [0.15, 0.2) is 11.5 Å². The second-order valence-corrected chi connectivity index (χ2v) is 13.5. The number of piperidine rings is 1. The first kappa shape index (κ1) is 35.5. The molecule has 2 unspecified atom stereocenters. The second-order valence-electron chi connectivity index (χ2n) is 12.8. The summed E-state index contributed by atoms with van der Waals surface area (Å²) in [6.45, 7) is 4.43. The first-order valence-corrected chi connectivity index (χ1v) is 17.2. The summed E-state index contributed by atoms with van der Waals surface area (Å²) >= 11 is 14.0. The molecule has 1 aliphatic heterocycles. The first-order valence-electron chi connectivity index (χ1n) is 16.5. The average Bonchev–Trinajstić information content (AvgIpc) is 3.65. The number of methoxy groups -OCH3 is 1. The number of carbonyl (C=O) groups excluding carboxylic acids is 1. The number of carbonyl (C=O) groups is 1. The van der Waals surface area contributed by atoms with Crippen molar-refractivity contribution in [3.8, 4) is 28.3 Å². The van der Waals surface area contributed by atoms with Crippen LogP contribution in [0.15, 0.2) is 58.1 Å². The number of likely N-dealkylation sites (tertiary alicyclic amines) is 1. The second kappa shape index (κ2) is 13.9. The Hall–Kier alpha value is -4.92. The topological polar surface area (TPSA) is 133 Å². The number of pyridine rings is 1. The van der Waals surface area contributed by atoms with Crippen LogP contribution in [0.1, 0.15) is 24.7 Å². The van der Waals surface area contributed by atoms with E-state index in [1.54, 1.807) is 31.4 Å². The van der Waals surface area contributed by atoms with E-state index in [2.05, 4.69) is 20.2 Å². The molecule has 2 atom stereocenters. The minimum atomic E-state index is -3.08. The predicted molar refractivity (Wildman–Crippen MR) is 192 cm³/mol. The van der Waals surface area contributed by atoms with Gasteiger partial charge in [-0.3, -0.25) is 23.6 Å². The van der Waals surface area contributed by atoms with E-state index in [0.717, 1.165) is 27.8 Å². The zero-order valence-corrected chi connectivity index (χ0v) is 30.0. The van der Waals surface area contributed by atoms with Crippen LogP contribution in [-0.4, -0.2) is 61.8 Å². The molecular formula is C36H33Cl2F2N7O5.